The van der Waals surface area contributed by atoms with E-state index in [9.17, 15) is 9.00 Å². The second-order valence-corrected chi connectivity index (χ2v) is 11.3. The molecule has 0 aromatic carbocycles. The summed E-state index contributed by atoms with van der Waals surface area (Å²) >= 11 is 0. The zero-order valence-corrected chi connectivity index (χ0v) is 20.2. The lowest BCUT2D eigenvalue weighted by molar-refractivity contribution is 0.136. The van der Waals surface area contributed by atoms with Gasteiger partial charge in [0.2, 0.25) is 5.88 Å². The van der Waals surface area contributed by atoms with Crippen molar-refractivity contribution < 1.29 is 13.7 Å². The first-order valence-corrected chi connectivity index (χ1v) is 13.0. The molecule has 2 aromatic heterocycles. The van der Waals surface area contributed by atoms with Crippen LogP contribution >= 0.6 is 0 Å². The largest absolute Gasteiger partial charge is 0.476 e. The second-order valence-electron chi connectivity index (χ2n) is 9.58. The molecule has 2 aliphatic carbocycles. The number of hydrogen-bond acceptors (Lipinski definition) is 6. The van der Waals surface area contributed by atoms with Crippen molar-refractivity contribution in [1.82, 2.24) is 19.7 Å². The molecule has 3 heterocycles. The molecule has 2 amide bonds. The molecule has 5 rings (SSSR count). The van der Waals surface area contributed by atoms with Crippen LogP contribution in [0.15, 0.2) is 15.5 Å². The Morgan fingerprint density at radius 3 is 2.91 bits per heavy atom. The van der Waals surface area contributed by atoms with E-state index in [0.29, 0.717) is 24.9 Å². The topological polar surface area (TPSA) is 128 Å². The lowest BCUT2D eigenvalue weighted by Crippen LogP contribution is -2.34. The van der Waals surface area contributed by atoms with Gasteiger partial charge >= 0.3 is 6.03 Å². The van der Waals surface area contributed by atoms with Crippen LogP contribution in [0.3, 0.4) is 0 Å². The van der Waals surface area contributed by atoms with Gasteiger partial charge in [0.25, 0.3) is 0 Å². The lowest BCUT2D eigenvalue weighted by atomic mass is 10.0. The van der Waals surface area contributed by atoms with Crippen molar-refractivity contribution >= 4 is 21.6 Å². The highest BCUT2D eigenvalue weighted by Crippen LogP contribution is 2.44. The predicted molar refractivity (Wildman–Crippen MR) is 125 cm³/mol. The molecule has 2 atom stereocenters. The van der Waals surface area contributed by atoms with Crippen LogP contribution in [0.5, 0.6) is 5.88 Å². The van der Waals surface area contributed by atoms with Gasteiger partial charge < -0.3 is 15.0 Å². The number of nitrogens with one attached hydrogen (secondary N) is 1. The molecule has 3 N–H and O–H groups in total. The van der Waals surface area contributed by atoms with E-state index in [0.717, 1.165) is 66.9 Å². The Labute approximate surface area is 194 Å². The summed E-state index contributed by atoms with van der Waals surface area (Å²) in [5.74, 6) is 1.05. The zero-order valence-electron chi connectivity index (χ0n) is 19.3. The number of nitrogens with zero attached hydrogens (tertiary/aromatic N) is 5. The molecule has 0 spiro atoms. The maximum Gasteiger partial charge on any atom is 0.354 e. The van der Waals surface area contributed by atoms with Crippen LogP contribution in [-0.2, 0) is 29.3 Å². The van der Waals surface area contributed by atoms with Crippen molar-refractivity contribution in [1.29, 1.82) is 0 Å². The average molecular weight is 474 g/mol. The molecular formula is C22H31N7O3S. The van der Waals surface area contributed by atoms with Crippen molar-refractivity contribution in [3.05, 3.63) is 28.7 Å². The summed E-state index contributed by atoms with van der Waals surface area (Å²) in [6, 6.07) is -0.728. The lowest BCUT2D eigenvalue weighted by Gasteiger charge is -2.26. The van der Waals surface area contributed by atoms with Gasteiger partial charge in [-0.15, -0.1) is 4.36 Å². The Hall–Kier alpha value is -2.50. The highest BCUT2D eigenvalue weighted by Gasteiger charge is 2.32. The number of anilines is 1. The van der Waals surface area contributed by atoms with Gasteiger partial charge in [0.05, 0.1) is 25.0 Å². The fourth-order valence-electron chi connectivity index (χ4n) is 4.88. The van der Waals surface area contributed by atoms with E-state index in [1.807, 2.05) is 21.0 Å². The molecule has 2 aromatic rings. The molecule has 33 heavy (non-hydrogen) atoms. The van der Waals surface area contributed by atoms with Gasteiger partial charge in [-0.05, 0) is 64.3 Å². The fraction of sp³-hybridized carbons (Fsp3) is 0.591. The SMILES string of the molecule is Cc1c(C2CC2)nc2c(c1NC(=O)N=S(N)(=O)c1cnn3c1OCC(CN(C)C)C3)CCC2. The smallest absolute Gasteiger partial charge is 0.354 e. The molecule has 0 radical (unpaired) electrons. The third-order valence-corrected chi connectivity index (χ3v) is 7.85. The number of ether oxygens (including phenoxy) is 1. The van der Waals surface area contributed by atoms with Crippen molar-refractivity contribution in [2.45, 2.75) is 56.4 Å². The Kier molecular flexibility index (Phi) is 5.66. The molecule has 11 heteroatoms. The normalized spacial score (nSPS) is 21.2. The number of rotatable bonds is 5. The van der Waals surface area contributed by atoms with Crippen LogP contribution in [0.2, 0.25) is 0 Å². The van der Waals surface area contributed by atoms with E-state index in [4.69, 9.17) is 14.9 Å². The van der Waals surface area contributed by atoms with Gasteiger partial charge in [-0.3, -0.25) is 4.98 Å². The highest BCUT2D eigenvalue weighted by atomic mass is 32.2. The van der Waals surface area contributed by atoms with E-state index in [2.05, 4.69) is 19.7 Å². The minimum absolute atomic E-state index is 0.149. The standard InChI is InChI=1S/C22H31N7O3S/c1-13-19(15-7-8-15)25-17-6-4-5-16(17)20(13)26-22(30)27-33(23,31)18-9-24-29-11-14(10-28(2)3)12-32-21(18)29/h9,14-15H,4-8,10-12H2,1-3H3,(H3,23,25,26,27,30,31). The number of aromatic nitrogens is 3. The summed E-state index contributed by atoms with van der Waals surface area (Å²) in [7, 11) is 0.473. The van der Waals surface area contributed by atoms with Crippen LogP contribution in [0, 0.1) is 12.8 Å². The molecule has 0 saturated heterocycles. The van der Waals surface area contributed by atoms with Gasteiger partial charge in [0, 0.05) is 29.8 Å². The maximum absolute atomic E-state index is 13.3. The van der Waals surface area contributed by atoms with Crippen molar-refractivity contribution in [3.8, 4) is 5.88 Å². The van der Waals surface area contributed by atoms with Crippen molar-refractivity contribution in [2.75, 3.05) is 32.6 Å². The maximum atomic E-state index is 13.3. The highest BCUT2D eigenvalue weighted by molar-refractivity contribution is 7.91. The first-order valence-electron chi connectivity index (χ1n) is 11.4. The number of carbonyl (C=O) groups is 1. The number of nitrogens with two attached hydrogens (primary N) is 1. The molecule has 3 aliphatic rings. The summed E-state index contributed by atoms with van der Waals surface area (Å²) in [6.07, 6.45) is 6.44. The summed E-state index contributed by atoms with van der Waals surface area (Å²) < 4.78 is 24.6. The first-order chi connectivity index (χ1) is 15.7. The quantitative estimate of drug-likeness (QED) is 0.687. The third-order valence-electron chi connectivity index (χ3n) is 6.50. The first kappa shape index (κ1) is 22.3. The molecule has 1 aliphatic heterocycles. The van der Waals surface area contributed by atoms with E-state index < -0.39 is 15.9 Å². The zero-order chi connectivity index (χ0) is 23.3. The Bertz CT molecular complexity index is 1230. The van der Waals surface area contributed by atoms with Gasteiger partial charge in [-0.2, -0.15) is 5.10 Å². The Balaban J connectivity index is 1.40. The van der Waals surface area contributed by atoms with Crippen LogP contribution in [0.4, 0.5) is 10.5 Å². The average Bonchev–Trinajstić information content (AvgIpc) is 3.31. The number of amides is 2. The predicted octanol–water partition coefficient (Wildman–Crippen LogP) is 2.46. The number of pyridine rings is 1. The monoisotopic (exact) mass is 473 g/mol. The van der Waals surface area contributed by atoms with Crippen LogP contribution < -0.4 is 15.2 Å². The van der Waals surface area contributed by atoms with E-state index in [1.54, 1.807) is 4.68 Å². The number of aryl methyl sites for hydroxylation is 1. The van der Waals surface area contributed by atoms with Gasteiger partial charge in [-0.1, -0.05) is 0 Å². The minimum atomic E-state index is -3.53. The van der Waals surface area contributed by atoms with E-state index in [-0.39, 0.29) is 10.8 Å². The molecule has 10 nitrogen and oxygen atoms in total. The van der Waals surface area contributed by atoms with Gasteiger partial charge in [0.1, 0.15) is 4.90 Å². The molecule has 1 fully saturated rings. The summed E-state index contributed by atoms with van der Waals surface area (Å²) in [5, 5.41) is 13.2. The van der Waals surface area contributed by atoms with E-state index >= 15 is 0 Å². The fourth-order valence-corrected chi connectivity index (χ4v) is 5.89. The van der Waals surface area contributed by atoms with Gasteiger partial charge in [-0.25, -0.2) is 18.8 Å². The van der Waals surface area contributed by atoms with Crippen molar-refractivity contribution in [3.63, 3.8) is 0 Å². The molecule has 178 valence electrons. The number of urea groups is 1. The molecule has 1 saturated carbocycles. The molecule has 0 bridgehead atoms. The van der Waals surface area contributed by atoms with Crippen LogP contribution in [-0.4, -0.2) is 57.2 Å². The number of hydrogen-bond donors (Lipinski definition) is 2. The summed E-state index contributed by atoms with van der Waals surface area (Å²) in [6.45, 7) is 3.92. The Morgan fingerprint density at radius 2 is 2.18 bits per heavy atom. The number of fused-ring (bicyclic) bond motifs is 2. The van der Waals surface area contributed by atoms with Crippen LogP contribution in [0.25, 0.3) is 0 Å². The number of carbonyl (C=O) groups excluding carboxylic acids is 1. The van der Waals surface area contributed by atoms with Crippen molar-refractivity contribution in [2.24, 2.45) is 15.4 Å². The Morgan fingerprint density at radius 1 is 1.39 bits per heavy atom. The van der Waals surface area contributed by atoms with Gasteiger partial charge in [0.15, 0.2) is 9.92 Å². The second kappa shape index (κ2) is 8.37. The van der Waals surface area contributed by atoms with E-state index in [1.165, 1.54) is 6.20 Å². The summed E-state index contributed by atoms with van der Waals surface area (Å²) in [4.78, 5) is 20.0. The minimum Gasteiger partial charge on any atom is -0.476 e. The third kappa shape index (κ3) is 4.36. The molecular weight excluding hydrogens is 442 g/mol. The summed E-state index contributed by atoms with van der Waals surface area (Å²) in [5.41, 5.74) is 4.90. The van der Waals surface area contributed by atoms with Crippen LogP contribution in [0.1, 0.15) is 47.7 Å². The molecule has 2 unspecified atom stereocenters.